The molecule has 0 aliphatic heterocycles. The van der Waals surface area contributed by atoms with Gasteiger partial charge in [-0.3, -0.25) is 10.1 Å². The molecule has 0 radical (unpaired) electrons. The lowest BCUT2D eigenvalue weighted by molar-refractivity contribution is -0.385. The van der Waals surface area contributed by atoms with Gasteiger partial charge in [0, 0.05) is 35.5 Å². The average Bonchev–Trinajstić information content (AvgIpc) is 2.83. The topological polar surface area (TPSA) is 88.6 Å². The van der Waals surface area contributed by atoms with E-state index in [-0.39, 0.29) is 21.5 Å². The minimum absolute atomic E-state index is 0.0964. The second-order valence-electron chi connectivity index (χ2n) is 3.20. The highest BCUT2D eigenvalue weighted by Gasteiger charge is 2.13. The van der Waals surface area contributed by atoms with Crippen molar-refractivity contribution in [2.24, 2.45) is 4.99 Å². The van der Waals surface area contributed by atoms with Crippen LogP contribution in [0.2, 0.25) is 0 Å². The number of aromatic nitrogens is 1. The molecule has 6 nitrogen and oxygen atoms in total. The zero-order chi connectivity index (χ0) is 13.1. The van der Waals surface area contributed by atoms with Gasteiger partial charge in [-0.15, -0.1) is 11.3 Å². The number of non-ortho nitro benzene ring substituents is 1. The van der Waals surface area contributed by atoms with Crippen molar-refractivity contribution in [3.05, 3.63) is 43.9 Å². The van der Waals surface area contributed by atoms with Crippen molar-refractivity contribution in [3.63, 3.8) is 0 Å². The molecule has 92 valence electrons. The van der Waals surface area contributed by atoms with Crippen LogP contribution in [0.15, 0.2) is 33.2 Å². The minimum Gasteiger partial charge on any atom is -0.506 e. The van der Waals surface area contributed by atoms with Gasteiger partial charge < -0.3 is 5.11 Å². The number of hydrogen-bond acceptors (Lipinski definition) is 6. The molecule has 8 heteroatoms. The summed E-state index contributed by atoms with van der Waals surface area (Å²) in [6.45, 7) is 0. The lowest BCUT2D eigenvalue weighted by Gasteiger charge is -2.01. The van der Waals surface area contributed by atoms with Gasteiger partial charge in [-0.1, -0.05) is 0 Å². The Hall–Kier alpha value is -1.80. The Morgan fingerprint density at radius 1 is 1.56 bits per heavy atom. The van der Waals surface area contributed by atoms with E-state index in [9.17, 15) is 15.2 Å². The Labute approximate surface area is 114 Å². The molecule has 2 rings (SSSR count). The van der Waals surface area contributed by atoms with Crippen LogP contribution in [0.3, 0.4) is 0 Å². The van der Waals surface area contributed by atoms with Crippen LogP contribution in [-0.2, 0) is 0 Å². The van der Waals surface area contributed by atoms with Gasteiger partial charge in [-0.05, 0) is 15.9 Å². The summed E-state index contributed by atoms with van der Waals surface area (Å²) < 4.78 is 0.247. The molecule has 0 saturated carbocycles. The molecule has 0 bridgehead atoms. The standard InChI is InChI=1S/C10H6BrN3O3S/c11-8-4-7(14(16)17)3-6(9(8)15)5-13-10-12-1-2-18-10/h1-5,15H. The summed E-state index contributed by atoms with van der Waals surface area (Å²) in [4.78, 5) is 18.1. The van der Waals surface area contributed by atoms with E-state index in [1.54, 1.807) is 11.6 Å². The molecule has 0 fully saturated rings. The number of rotatable bonds is 3. The van der Waals surface area contributed by atoms with Crippen LogP contribution in [0.5, 0.6) is 5.75 Å². The normalized spacial score (nSPS) is 10.9. The molecule has 0 aliphatic carbocycles. The van der Waals surface area contributed by atoms with Crippen molar-refractivity contribution in [2.45, 2.75) is 0 Å². The van der Waals surface area contributed by atoms with Crippen molar-refractivity contribution < 1.29 is 10.0 Å². The fourth-order valence-electron chi connectivity index (χ4n) is 1.21. The number of aromatic hydroxyl groups is 1. The third-order valence-corrected chi connectivity index (χ3v) is 3.31. The zero-order valence-electron chi connectivity index (χ0n) is 8.78. The smallest absolute Gasteiger partial charge is 0.271 e. The van der Waals surface area contributed by atoms with Gasteiger partial charge in [0.2, 0.25) is 5.13 Å². The largest absolute Gasteiger partial charge is 0.506 e. The van der Waals surface area contributed by atoms with Crippen molar-refractivity contribution in [1.29, 1.82) is 0 Å². The maximum atomic E-state index is 10.7. The number of nitro benzene ring substituents is 1. The number of aliphatic imine (C=N–C) groups is 1. The molecular weight excluding hydrogens is 322 g/mol. The second-order valence-corrected chi connectivity index (χ2v) is 4.92. The summed E-state index contributed by atoms with van der Waals surface area (Å²) in [5.41, 5.74) is 0.131. The summed E-state index contributed by atoms with van der Waals surface area (Å²) in [5.74, 6) is -0.0964. The summed E-state index contributed by atoms with van der Waals surface area (Å²) in [6, 6.07) is 2.48. The molecule has 0 saturated heterocycles. The Morgan fingerprint density at radius 2 is 2.33 bits per heavy atom. The van der Waals surface area contributed by atoms with Crippen LogP contribution < -0.4 is 0 Å². The zero-order valence-corrected chi connectivity index (χ0v) is 11.2. The fourth-order valence-corrected chi connectivity index (χ4v) is 2.16. The summed E-state index contributed by atoms with van der Waals surface area (Å²) in [7, 11) is 0. The number of benzene rings is 1. The molecule has 0 atom stereocenters. The molecule has 0 amide bonds. The van der Waals surface area contributed by atoms with E-state index in [2.05, 4.69) is 25.9 Å². The Kier molecular flexibility index (Phi) is 3.68. The predicted octanol–water partition coefficient (Wildman–Crippen LogP) is 3.27. The molecule has 0 spiro atoms. The molecule has 0 aliphatic rings. The first-order valence-corrected chi connectivity index (χ1v) is 6.35. The molecule has 2 aromatic rings. The number of thiazole rings is 1. The first-order chi connectivity index (χ1) is 8.58. The van der Waals surface area contributed by atoms with Crippen LogP contribution in [0, 0.1) is 10.1 Å². The van der Waals surface area contributed by atoms with Gasteiger partial charge in [0.1, 0.15) is 5.75 Å². The highest BCUT2D eigenvalue weighted by atomic mass is 79.9. The molecule has 1 heterocycles. The first kappa shape index (κ1) is 12.7. The summed E-state index contributed by atoms with van der Waals surface area (Å²) in [5, 5.41) is 22.7. The quantitative estimate of drug-likeness (QED) is 0.532. The fraction of sp³-hybridized carbons (Fsp3) is 0. The van der Waals surface area contributed by atoms with E-state index in [0.29, 0.717) is 5.13 Å². The summed E-state index contributed by atoms with van der Waals surface area (Å²) >= 11 is 4.38. The van der Waals surface area contributed by atoms with E-state index in [1.807, 2.05) is 0 Å². The average molecular weight is 328 g/mol. The van der Waals surface area contributed by atoms with E-state index >= 15 is 0 Å². The maximum absolute atomic E-state index is 10.7. The first-order valence-electron chi connectivity index (χ1n) is 4.68. The number of nitro groups is 1. The molecule has 1 aromatic carbocycles. The van der Waals surface area contributed by atoms with Gasteiger partial charge in [0.25, 0.3) is 5.69 Å². The van der Waals surface area contributed by atoms with Crippen molar-refractivity contribution in [2.75, 3.05) is 0 Å². The van der Waals surface area contributed by atoms with E-state index < -0.39 is 4.92 Å². The van der Waals surface area contributed by atoms with E-state index in [4.69, 9.17) is 0 Å². The van der Waals surface area contributed by atoms with Crippen LogP contribution >= 0.6 is 27.3 Å². The summed E-state index contributed by atoms with van der Waals surface area (Å²) in [6.07, 6.45) is 2.94. The molecule has 0 unspecified atom stereocenters. The van der Waals surface area contributed by atoms with Crippen LogP contribution in [-0.4, -0.2) is 21.2 Å². The van der Waals surface area contributed by atoms with Crippen LogP contribution in [0.25, 0.3) is 0 Å². The van der Waals surface area contributed by atoms with Gasteiger partial charge in [-0.25, -0.2) is 9.98 Å². The molecular formula is C10H6BrN3O3S. The molecule has 18 heavy (non-hydrogen) atoms. The van der Waals surface area contributed by atoms with Crippen molar-refractivity contribution in [3.8, 4) is 5.75 Å². The monoisotopic (exact) mass is 327 g/mol. The lowest BCUT2D eigenvalue weighted by Crippen LogP contribution is -1.91. The number of phenols is 1. The van der Waals surface area contributed by atoms with E-state index in [0.717, 1.165) is 0 Å². The number of hydrogen-bond donors (Lipinski definition) is 1. The highest BCUT2D eigenvalue weighted by molar-refractivity contribution is 9.10. The SMILES string of the molecule is O=[N+]([O-])c1cc(Br)c(O)c(C=Nc2nccs2)c1. The Morgan fingerprint density at radius 3 is 2.94 bits per heavy atom. The van der Waals surface area contributed by atoms with Crippen LogP contribution in [0.1, 0.15) is 5.56 Å². The van der Waals surface area contributed by atoms with Gasteiger partial charge in [0.15, 0.2) is 0 Å². The third kappa shape index (κ3) is 2.71. The Balaban J connectivity index is 2.40. The number of nitrogens with zero attached hydrogens (tertiary/aromatic N) is 3. The van der Waals surface area contributed by atoms with Gasteiger partial charge in [-0.2, -0.15) is 0 Å². The Bertz CT molecular complexity index is 613. The minimum atomic E-state index is -0.537. The van der Waals surface area contributed by atoms with Gasteiger partial charge in [0.05, 0.1) is 9.40 Å². The maximum Gasteiger partial charge on any atom is 0.271 e. The molecule has 1 aromatic heterocycles. The number of halogens is 1. The van der Waals surface area contributed by atoms with Crippen molar-refractivity contribution in [1.82, 2.24) is 4.98 Å². The van der Waals surface area contributed by atoms with Gasteiger partial charge >= 0.3 is 0 Å². The predicted molar refractivity (Wildman–Crippen MR) is 71.8 cm³/mol. The van der Waals surface area contributed by atoms with Crippen LogP contribution in [0.4, 0.5) is 10.8 Å². The second kappa shape index (κ2) is 5.23. The number of phenolic OH excluding ortho intramolecular Hbond substituents is 1. The molecule has 1 N–H and O–H groups in total. The highest BCUT2D eigenvalue weighted by Crippen LogP contribution is 2.31. The van der Waals surface area contributed by atoms with E-state index in [1.165, 1.54) is 29.7 Å². The van der Waals surface area contributed by atoms with Crippen molar-refractivity contribution >= 4 is 44.3 Å². The third-order valence-electron chi connectivity index (χ3n) is 2.02. The lowest BCUT2D eigenvalue weighted by atomic mass is 10.2.